The van der Waals surface area contributed by atoms with E-state index >= 15 is 0 Å². The Hall–Kier alpha value is -1.75. The number of carboxylic acid groups (broad SMARTS) is 1. The van der Waals surface area contributed by atoms with Crippen molar-refractivity contribution < 1.29 is 19.8 Å². The fourth-order valence-corrected chi connectivity index (χ4v) is 3.11. The Morgan fingerprint density at radius 3 is 2.73 bits per heavy atom. The normalized spacial score (nSPS) is 21.6. The van der Waals surface area contributed by atoms with E-state index in [0.29, 0.717) is 31.4 Å². The van der Waals surface area contributed by atoms with Gasteiger partial charge in [0.1, 0.15) is 5.75 Å². The van der Waals surface area contributed by atoms with E-state index in [1.54, 1.807) is 17.0 Å². The fraction of sp³-hybridized carbons (Fsp3) is 0.500. The predicted octanol–water partition coefficient (Wildman–Crippen LogP) is 2.69. The van der Waals surface area contributed by atoms with Gasteiger partial charge in [-0.05, 0) is 37.0 Å². The molecule has 0 aliphatic carbocycles. The average Bonchev–Trinajstić information content (AvgIpc) is 2.50. The number of rotatable bonds is 4. The van der Waals surface area contributed by atoms with Gasteiger partial charge in [-0.2, -0.15) is 0 Å². The predicted molar refractivity (Wildman–Crippen MR) is 83.0 cm³/mol. The van der Waals surface area contributed by atoms with Crippen LogP contribution in [0.25, 0.3) is 0 Å². The van der Waals surface area contributed by atoms with Crippen molar-refractivity contribution in [1.29, 1.82) is 0 Å². The van der Waals surface area contributed by atoms with Gasteiger partial charge >= 0.3 is 5.97 Å². The molecule has 1 fully saturated rings. The minimum atomic E-state index is -0.833. The number of carbonyl (C=O) groups excluding carboxylic acids is 1. The number of carboxylic acids is 1. The SMILES string of the molecule is CC[C@@]1(C(=O)O)CCCN(C(=O)Cc2ccc(O)c(Cl)c2)C1. The standard InChI is InChI=1S/C16H20ClNO4/c1-2-16(15(21)22)6-3-7-18(10-16)14(20)9-11-4-5-13(19)12(17)8-11/h4-5,8,19H,2-3,6-7,9-10H2,1H3,(H,21,22)/t16-/m1/s1. The minimum absolute atomic E-state index is 0.0216. The number of halogens is 1. The van der Waals surface area contributed by atoms with Gasteiger partial charge in [-0.3, -0.25) is 9.59 Å². The molecular weight excluding hydrogens is 306 g/mol. The molecule has 0 spiro atoms. The van der Waals surface area contributed by atoms with Crippen LogP contribution in [-0.2, 0) is 16.0 Å². The number of hydrogen-bond donors (Lipinski definition) is 2. The van der Waals surface area contributed by atoms with Gasteiger partial charge in [0.15, 0.2) is 0 Å². The molecule has 1 aromatic rings. The lowest BCUT2D eigenvalue weighted by atomic mass is 9.77. The van der Waals surface area contributed by atoms with Crippen LogP contribution in [0.4, 0.5) is 0 Å². The summed E-state index contributed by atoms with van der Waals surface area (Å²) in [6.45, 7) is 2.69. The van der Waals surface area contributed by atoms with E-state index in [1.165, 1.54) is 6.07 Å². The number of phenolic OH excluding ortho intramolecular Hbond substituents is 1. The second-order valence-electron chi connectivity index (χ2n) is 5.82. The monoisotopic (exact) mass is 325 g/mol. The summed E-state index contributed by atoms with van der Waals surface area (Å²) in [6.07, 6.45) is 1.96. The number of benzene rings is 1. The molecule has 120 valence electrons. The van der Waals surface area contributed by atoms with Gasteiger partial charge in [0, 0.05) is 13.1 Å². The van der Waals surface area contributed by atoms with Crippen molar-refractivity contribution >= 4 is 23.5 Å². The van der Waals surface area contributed by atoms with Gasteiger partial charge in [0.05, 0.1) is 16.9 Å². The molecular formula is C16H20ClNO4. The van der Waals surface area contributed by atoms with Crippen molar-refractivity contribution in [2.24, 2.45) is 5.41 Å². The summed E-state index contributed by atoms with van der Waals surface area (Å²) >= 11 is 5.84. The van der Waals surface area contributed by atoms with Crippen LogP contribution in [0.3, 0.4) is 0 Å². The second kappa shape index (κ2) is 6.57. The average molecular weight is 326 g/mol. The van der Waals surface area contributed by atoms with Gasteiger partial charge in [-0.25, -0.2) is 0 Å². The lowest BCUT2D eigenvalue weighted by molar-refractivity contribution is -0.155. The summed E-state index contributed by atoms with van der Waals surface area (Å²) in [7, 11) is 0. The Morgan fingerprint density at radius 1 is 1.41 bits per heavy atom. The largest absolute Gasteiger partial charge is 0.506 e. The minimum Gasteiger partial charge on any atom is -0.506 e. The Labute approximate surface area is 134 Å². The van der Waals surface area contributed by atoms with Crippen molar-refractivity contribution in [3.05, 3.63) is 28.8 Å². The molecule has 1 aromatic carbocycles. The summed E-state index contributed by atoms with van der Waals surface area (Å²) in [4.78, 5) is 25.6. The van der Waals surface area contributed by atoms with Crippen LogP contribution < -0.4 is 0 Å². The highest BCUT2D eigenvalue weighted by atomic mass is 35.5. The second-order valence-corrected chi connectivity index (χ2v) is 6.23. The smallest absolute Gasteiger partial charge is 0.311 e. The number of aliphatic carboxylic acids is 1. The maximum absolute atomic E-state index is 12.4. The van der Waals surface area contributed by atoms with Gasteiger partial charge in [0.2, 0.25) is 5.91 Å². The van der Waals surface area contributed by atoms with E-state index in [1.807, 2.05) is 6.92 Å². The third-order valence-electron chi connectivity index (χ3n) is 4.43. The summed E-state index contributed by atoms with van der Waals surface area (Å²) in [5.74, 6) is -0.965. The van der Waals surface area contributed by atoms with Crippen molar-refractivity contribution in [2.75, 3.05) is 13.1 Å². The summed E-state index contributed by atoms with van der Waals surface area (Å²) in [5, 5.41) is 19.1. The Kier molecular flexibility index (Phi) is 4.96. The highest BCUT2D eigenvalue weighted by molar-refractivity contribution is 6.32. The number of amides is 1. The molecule has 1 amide bonds. The van der Waals surface area contributed by atoms with E-state index in [2.05, 4.69) is 0 Å². The summed E-state index contributed by atoms with van der Waals surface area (Å²) < 4.78 is 0. The molecule has 2 N–H and O–H groups in total. The topological polar surface area (TPSA) is 77.8 Å². The van der Waals surface area contributed by atoms with Crippen LogP contribution in [-0.4, -0.2) is 40.1 Å². The van der Waals surface area contributed by atoms with Crippen LogP contribution in [0, 0.1) is 5.41 Å². The first kappa shape index (κ1) is 16.6. The molecule has 1 heterocycles. The zero-order chi connectivity index (χ0) is 16.3. The third-order valence-corrected chi connectivity index (χ3v) is 4.73. The molecule has 5 nitrogen and oxygen atoms in total. The number of aromatic hydroxyl groups is 1. The van der Waals surface area contributed by atoms with Crippen molar-refractivity contribution in [3.63, 3.8) is 0 Å². The zero-order valence-electron chi connectivity index (χ0n) is 12.5. The molecule has 0 radical (unpaired) electrons. The fourth-order valence-electron chi connectivity index (χ4n) is 2.91. The lowest BCUT2D eigenvalue weighted by Gasteiger charge is -2.39. The summed E-state index contributed by atoms with van der Waals surface area (Å²) in [6, 6.07) is 4.66. The Balaban J connectivity index is 2.09. The molecule has 1 aliphatic rings. The number of nitrogens with zero attached hydrogens (tertiary/aromatic N) is 1. The first-order valence-corrected chi connectivity index (χ1v) is 7.74. The first-order valence-electron chi connectivity index (χ1n) is 7.36. The van der Waals surface area contributed by atoms with Crippen LogP contribution >= 0.6 is 11.6 Å². The van der Waals surface area contributed by atoms with Gasteiger partial charge in [-0.15, -0.1) is 0 Å². The lowest BCUT2D eigenvalue weighted by Crippen LogP contribution is -2.50. The molecule has 1 atom stereocenters. The van der Waals surface area contributed by atoms with E-state index in [0.717, 1.165) is 0 Å². The van der Waals surface area contributed by atoms with Crippen LogP contribution in [0.15, 0.2) is 18.2 Å². The van der Waals surface area contributed by atoms with Crippen molar-refractivity contribution in [2.45, 2.75) is 32.6 Å². The molecule has 0 unspecified atom stereocenters. The maximum Gasteiger partial charge on any atom is 0.311 e. The molecule has 0 bridgehead atoms. The van der Waals surface area contributed by atoms with Crippen molar-refractivity contribution in [1.82, 2.24) is 4.90 Å². The van der Waals surface area contributed by atoms with Crippen LogP contribution in [0.1, 0.15) is 31.7 Å². The Bertz CT molecular complexity index is 590. The molecule has 0 aromatic heterocycles. The quantitative estimate of drug-likeness (QED) is 0.892. The van der Waals surface area contributed by atoms with Gasteiger partial charge < -0.3 is 15.1 Å². The zero-order valence-corrected chi connectivity index (χ0v) is 13.3. The molecule has 0 saturated carbocycles. The van der Waals surface area contributed by atoms with Gasteiger partial charge in [0.25, 0.3) is 0 Å². The Morgan fingerprint density at radius 2 is 2.14 bits per heavy atom. The number of phenols is 1. The van der Waals surface area contributed by atoms with E-state index < -0.39 is 11.4 Å². The van der Waals surface area contributed by atoms with E-state index in [4.69, 9.17) is 11.6 Å². The molecule has 22 heavy (non-hydrogen) atoms. The number of piperidine rings is 1. The number of likely N-dealkylation sites (tertiary alicyclic amines) is 1. The van der Waals surface area contributed by atoms with Gasteiger partial charge in [-0.1, -0.05) is 24.6 Å². The van der Waals surface area contributed by atoms with Crippen molar-refractivity contribution in [3.8, 4) is 5.75 Å². The third kappa shape index (κ3) is 3.35. The molecule has 1 saturated heterocycles. The van der Waals surface area contributed by atoms with Crippen LogP contribution in [0.5, 0.6) is 5.75 Å². The molecule has 2 rings (SSSR count). The number of hydrogen-bond acceptors (Lipinski definition) is 3. The first-order chi connectivity index (χ1) is 10.4. The maximum atomic E-state index is 12.4. The van der Waals surface area contributed by atoms with Crippen LogP contribution in [0.2, 0.25) is 5.02 Å². The van der Waals surface area contributed by atoms with E-state index in [-0.39, 0.29) is 29.6 Å². The highest BCUT2D eigenvalue weighted by Gasteiger charge is 2.41. The molecule has 1 aliphatic heterocycles. The molecule has 6 heteroatoms. The summed E-state index contributed by atoms with van der Waals surface area (Å²) in [5.41, 5.74) is -0.128. The van der Waals surface area contributed by atoms with E-state index in [9.17, 15) is 19.8 Å². The number of carbonyl (C=O) groups is 2. The highest BCUT2D eigenvalue weighted by Crippen LogP contribution is 2.34.